The zero-order valence-electron chi connectivity index (χ0n) is 13.5. The molecule has 102 valence electrons. The Kier molecular flexibility index (Phi) is 53.3. The Labute approximate surface area is 111 Å². The number of rotatable bonds is 2. The number of hydrogen-bond donors (Lipinski definition) is 0. The topological polar surface area (TPSA) is 0 Å². The van der Waals surface area contributed by atoms with Gasteiger partial charge in [-0.15, -0.1) is 0 Å². The molecular formula is C17H34. The van der Waals surface area contributed by atoms with Crippen LogP contribution in [0.25, 0.3) is 0 Å². The van der Waals surface area contributed by atoms with E-state index in [0.717, 1.165) is 0 Å². The van der Waals surface area contributed by atoms with Crippen LogP contribution in [0.5, 0.6) is 0 Å². The first-order valence-electron chi connectivity index (χ1n) is 6.72. The highest BCUT2D eigenvalue weighted by atomic mass is 13.8. The summed E-state index contributed by atoms with van der Waals surface area (Å²) >= 11 is 0. The van der Waals surface area contributed by atoms with E-state index in [1.165, 1.54) is 5.57 Å². The summed E-state index contributed by atoms with van der Waals surface area (Å²) < 4.78 is 0. The second-order valence-corrected chi connectivity index (χ2v) is 2.58. The molecule has 0 aliphatic carbocycles. The van der Waals surface area contributed by atoms with Crippen molar-refractivity contribution in [2.24, 2.45) is 0 Å². The predicted octanol–water partition coefficient (Wildman–Crippen LogP) is 6.72. The molecule has 0 saturated carbocycles. The third-order valence-corrected chi connectivity index (χ3v) is 1.38. The quantitative estimate of drug-likeness (QED) is 0.468. The minimum absolute atomic E-state index is 1.32. The lowest BCUT2D eigenvalue weighted by atomic mass is 10.3. The van der Waals surface area contributed by atoms with E-state index in [0.29, 0.717) is 0 Å². The van der Waals surface area contributed by atoms with Crippen LogP contribution in [0.3, 0.4) is 0 Å². The van der Waals surface area contributed by atoms with Crippen molar-refractivity contribution < 1.29 is 0 Å². The summed E-state index contributed by atoms with van der Waals surface area (Å²) in [4.78, 5) is 0. The Morgan fingerprint density at radius 2 is 1.00 bits per heavy atom. The van der Waals surface area contributed by atoms with Gasteiger partial charge in [-0.05, 0) is 34.6 Å². The monoisotopic (exact) mass is 238 g/mol. The van der Waals surface area contributed by atoms with Gasteiger partial charge < -0.3 is 0 Å². The molecule has 0 N–H and O–H groups in total. The summed E-state index contributed by atoms with van der Waals surface area (Å²) in [5.41, 5.74) is 1.32. The lowest BCUT2D eigenvalue weighted by molar-refractivity contribution is 1.46. The molecule has 0 bridgehead atoms. The van der Waals surface area contributed by atoms with Crippen molar-refractivity contribution in [3.8, 4) is 0 Å². The second kappa shape index (κ2) is 36.3. The average Bonchev–Trinajstić information content (AvgIpc) is 2.42. The van der Waals surface area contributed by atoms with E-state index in [9.17, 15) is 0 Å². The molecule has 0 aliphatic rings. The molecule has 0 radical (unpaired) electrons. The molecular weight excluding hydrogens is 204 g/mol. The molecule has 0 heterocycles. The highest BCUT2D eigenvalue weighted by molar-refractivity contribution is 5.13. The standard InChI is InChI=1S/C7H12.C6H10.2C2H6/c1-4-6-7(3)5-2;1-3-5-6-4-2;2*1-2/h4-6H,1-3H3;3-6H,1-2H3;2*1-2H3/b6-4-,7-5-;5-3-,6-4-;;. The van der Waals surface area contributed by atoms with Gasteiger partial charge >= 0.3 is 0 Å². The molecule has 0 spiro atoms. The van der Waals surface area contributed by atoms with Gasteiger partial charge in [0.05, 0.1) is 0 Å². The molecule has 17 heavy (non-hydrogen) atoms. The third-order valence-electron chi connectivity index (χ3n) is 1.38. The highest BCUT2D eigenvalue weighted by Gasteiger charge is 1.69. The minimum atomic E-state index is 1.32. The van der Waals surface area contributed by atoms with Crippen molar-refractivity contribution in [3.63, 3.8) is 0 Å². The SMILES string of the molecule is C/C=C\C(C)=C/C.C/C=C\C=C/C.CC.CC. The van der Waals surface area contributed by atoms with Gasteiger partial charge in [-0.2, -0.15) is 0 Å². The first kappa shape index (κ1) is 25.0. The number of hydrogen-bond acceptors (Lipinski definition) is 0. The van der Waals surface area contributed by atoms with Gasteiger partial charge in [-0.25, -0.2) is 0 Å². The van der Waals surface area contributed by atoms with Crippen molar-refractivity contribution in [3.05, 3.63) is 48.1 Å². The molecule has 0 aromatic carbocycles. The van der Waals surface area contributed by atoms with Crippen LogP contribution in [0.15, 0.2) is 48.1 Å². The van der Waals surface area contributed by atoms with Crippen LogP contribution in [-0.4, -0.2) is 0 Å². The molecule has 0 saturated heterocycles. The summed E-state index contributed by atoms with van der Waals surface area (Å²) in [6.45, 7) is 18.1. The van der Waals surface area contributed by atoms with Gasteiger partial charge in [0.2, 0.25) is 0 Å². The summed E-state index contributed by atoms with van der Waals surface area (Å²) in [5, 5.41) is 0. The molecule has 0 amide bonds. The van der Waals surface area contributed by atoms with E-state index in [2.05, 4.69) is 19.1 Å². The molecule has 0 nitrogen and oxygen atoms in total. The van der Waals surface area contributed by atoms with E-state index < -0.39 is 0 Å². The van der Waals surface area contributed by atoms with Crippen LogP contribution in [0.2, 0.25) is 0 Å². The summed E-state index contributed by atoms with van der Waals surface area (Å²) in [6.07, 6.45) is 14.2. The van der Waals surface area contributed by atoms with Crippen LogP contribution in [0, 0.1) is 0 Å². The Hall–Kier alpha value is -1.04. The zero-order chi connectivity index (χ0) is 14.5. The Balaban J connectivity index is -0.0000000772. The molecule has 0 aromatic rings. The predicted molar refractivity (Wildman–Crippen MR) is 86.6 cm³/mol. The Morgan fingerprint density at radius 3 is 1.12 bits per heavy atom. The van der Waals surface area contributed by atoms with Gasteiger partial charge in [0.15, 0.2) is 0 Å². The molecule has 0 atom stereocenters. The fraction of sp³-hybridized carbons (Fsp3) is 0.529. The van der Waals surface area contributed by atoms with Gasteiger partial charge in [0, 0.05) is 0 Å². The summed E-state index contributed by atoms with van der Waals surface area (Å²) in [5.74, 6) is 0. The lowest BCUT2D eigenvalue weighted by Gasteiger charge is -1.81. The van der Waals surface area contributed by atoms with Crippen molar-refractivity contribution in [2.45, 2.75) is 62.3 Å². The van der Waals surface area contributed by atoms with Gasteiger partial charge in [-0.1, -0.05) is 75.8 Å². The fourth-order valence-electron chi connectivity index (χ4n) is 0.581. The first-order valence-corrected chi connectivity index (χ1v) is 6.72. The Morgan fingerprint density at radius 1 is 0.647 bits per heavy atom. The smallest absolute Gasteiger partial charge is 0.0401 e. The maximum absolute atomic E-state index is 2.08. The van der Waals surface area contributed by atoms with Gasteiger partial charge in [-0.3, -0.25) is 0 Å². The van der Waals surface area contributed by atoms with Crippen molar-refractivity contribution in [1.82, 2.24) is 0 Å². The van der Waals surface area contributed by atoms with Crippen LogP contribution in [0.1, 0.15) is 62.3 Å². The first-order chi connectivity index (χ1) is 8.22. The van der Waals surface area contributed by atoms with Crippen molar-refractivity contribution in [1.29, 1.82) is 0 Å². The van der Waals surface area contributed by atoms with Crippen molar-refractivity contribution >= 4 is 0 Å². The van der Waals surface area contributed by atoms with E-state index in [1.54, 1.807) is 0 Å². The number of allylic oxidation sites excluding steroid dienone is 8. The fourth-order valence-corrected chi connectivity index (χ4v) is 0.581. The minimum Gasteiger partial charge on any atom is -0.0877 e. The van der Waals surface area contributed by atoms with Crippen LogP contribution < -0.4 is 0 Å². The third kappa shape index (κ3) is 51.9. The molecule has 0 aromatic heterocycles. The van der Waals surface area contributed by atoms with Crippen LogP contribution >= 0.6 is 0 Å². The van der Waals surface area contributed by atoms with Gasteiger partial charge in [0.25, 0.3) is 0 Å². The van der Waals surface area contributed by atoms with Crippen LogP contribution in [0.4, 0.5) is 0 Å². The summed E-state index contributed by atoms with van der Waals surface area (Å²) in [7, 11) is 0. The molecule has 0 unspecified atom stereocenters. The maximum atomic E-state index is 2.08. The normalized spacial score (nSPS) is 10.3. The average molecular weight is 238 g/mol. The molecule has 0 heteroatoms. The van der Waals surface area contributed by atoms with E-state index >= 15 is 0 Å². The Bertz CT molecular complexity index is 180. The highest BCUT2D eigenvalue weighted by Crippen LogP contribution is 1.91. The van der Waals surface area contributed by atoms with E-state index in [-0.39, 0.29) is 0 Å². The lowest BCUT2D eigenvalue weighted by Crippen LogP contribution is -1.60. The molecule has 0 fully saturated rings. The maximum Gasteiger partial charge on any atom is -0.0401 e. The van der Waals surface area contributed by atoms with Crippen molar-refractivity contribution in [2.75, 3.05) is 0 Å². The molecule has 0 rings (SSSR count). The van der Waals surface area contributed by atoms with E-state index in [4.69, 9.17) is 0 Å². The zero-order valence-corrected chi connectivity index (χ0v) is 13.5. The molecule has 0 aliphatic heterocycles. The largest absolute Gasteiger partial charge is 0.0877 e. The van der Waals surface area contributed by atoms with Gasteiger partial charge in [0.1, 0.15) is 0 Å². The summed E-state index contributed by atoms with van der Waals surface area (Å²) in [6, 6.07) is 0. The van der Waals surface area contributed by atoms with E-state index in [1.807, 2.05) is 85.8 Å². The van der Waals surface area contributed by atoms with Crippen LogP contribution in [-0.2, 0) is 0 Å². The second-order valence-electron chi connectivity index (χ2n) is 2.58.